The van der Waals surface area contributed by atoms with Crippen LogP contribution < -0.4 is 9.47 Å². The van der Waals surface area contributed by atoms with Crippen LogP contribution >= 0.6 is 64.1 Å². The molecule has 0 aliphatic rings. The Bertz CT molecular complexity index is 646. The van der Waals surface area contributed by atoms with Gasteiger partial charge in [-0.25, -0.2) is 0 Å². The van der Waals surface area contributed by atoms with Gasteiger partial charge >= 0.3 is 0 Å². The molecule has 8 heteroatoms. The molecule has 2 aromatic rings. The largest absolute Gasteiger partial charge is 0.439 e. The Kier molecular flexibility index (Phi) is 8.28. The second-order valence-electron chi connectivity index (χ2n) is 4.73. The first-order valence-electron chi connectivity index (χ1n) is 6.81. The van der Waals surface area contributed by atoms with Crippen molar-refractivity contribution >= 4 is 72.9 Å². The van der Waals surface area contributed by atoms with Gasteiger partial charge in [-0.1, -0.05) is 46.6 Å². The molecule has 0 aliphatic carbocycles. The molecular formula is C16H14ClO2PS4. The van der Waals surface area contributed by atoms with Crippen LogP contribution in [0.2, 0.25) is 0 Å². The predicted octanol–water partition coefficient (Wildman–Crippen LogP) is 7.26. The SMILES string of the molecule is Cc1ccc(OC(=S)SP(Cl)SC(=S)Oc2ccc(C)cc2)cc1. The third kappa shape index (κ3) is 7.26. The fourth-order valence-electron chi connectivity index (χ4n) is 1.58. The van der Waals surface area contributed by atoms with E-state index in [1.54, 1.807) is 0 Å². The van der Waals surface area contributed by atoms with Crippen molar-refractivity contribution in [3.63, 3.8) is 0 Å². The summed E-state index contributed by atoms with van der Waals surface area (Å²) in [5, 5.41) is 0. The van der Waals surface area contributed by atoms with E-state index in [-0.39, 0.29) is 0 Å². The van der Waals surface area contributed by atoms with Gasteiger partial charge in [-0.15, -0.1) is 0 Å². The maximum Gasteiger partial charge on any atom is 0.231 e. The molecule has 2 rings (SSSR count). The van der Waals surface area contributed by atoms with E-state index < -0.39 is 5.68 Å². The van der Waals surface area contributed by atoms with Gasteiger partial charge in [0.2, 0.25) is 8.77 Å². The van der Waals surface area contributed by atoms with E-state index >= 15 is 0 Å². The highest BCUT2D eigenvalue weighted by Crippen LogP contribution is 2.66. The highest BCUT2D eigenvalue weighted by atomic mass is 35.7. The van der Waals surface area contributed by atoms with Crippen LogP contribution in [0, 0.1) is 13.8 Å². The Morgan fingerprint density at radius 1 is 0.792 bits per heavy atom. The summed E-state index contributed by atoms with van der Waals surface area (Å²) >= 11 is 19.3. The van der Waals surface area contributed by atoms with Crippen LogP contribution in [0.25, 0.3) is 0 Å². The Hall–Kier alpha value is -0.360. The van der Waals surface area contributed by atoms with E-state index in [1.165, 1.54) is 22.8 Å². The van der Waals surface area contributed by atoms with E-state index in [2.05, 4.69) is 0 Å². The fourth-order valence-corrected chi connectivity index (χ4v) is 8.96. The second kappa shape index (κ2) is 9.95. The molecule has 0 fully saturated rings. The van der Waals surface area contributed by atoms with Crippen molar-refractivity contribution in [1.82, 2.24) is 0 Å². The number of benzene rings is 2. The highest BCUT2D eigenvalue weighted by Gasteiger charge is 2.16. The Morgan fingerprint density at radius 3 is 1.46 bits per heavy atom. The van der Waals surface area contributed by atoms with Crippen LogP contribution in [-0.4, -0.2) is 8.77 Å². The summed E-state index contributed by atoms with van der Waals surface area (Å²) in [6.45, 7) is 4.03. The molecule has 0 radical (unpaired) electrons. The van der Waals surface area contributed by atoms with Gasteiger partial charge in [0.1, 0.15) is 17.2 Å². The van der Waals surface area contributed by atoms with E-state index in [0.717, 1.165) is 11.1 Å². The topological polar surface area (TPSA) is 18.5 Å². The van der Waals surface area contributed by atoms with Gasteiger partial charge in [0.15, 0.2) is 0 Å². The molecule has 0 heterocycles. The molecule has 0 aromatic heterocycles. The lowest BCUT2D eigenvalue weighted by Crippen LogP contribution is -2.00. The number of ether oxygens (including phenoxy) is 2. The number of rotatable bonds is 4. The van der Waals surface area contributed by atoms with Crippen molar-refractivity contribution in [3.05, 3.63) is 59.7 Å². The highest BCUT2D eigenvalue weighted by molar-refractivity contribution is 9.01. The molecule has 0 spiro atoms. The lowest BCUT2D eigenvalue weighted by Gasteiger charge is -2.11. The second-order valence-corrected chi connectivity index (χ2v) is 13.7. The zero-order valence-electron chi connectivity index (χ0n) is 12.9. The van der Waals surface area contributed by atoms with Crippen molar-refractivity contribution in [3.8, 4) is 11.5 Å². The van der Waals surface area contributed by atoms with Crippen molar-refractivity contribution in [2.45, 2.75) is 13.8 Å². The lowest BCUT2D eigenvalue weighted by molar-refractivity contribution is 0.579. The summed E-state index contributed by atoms with van der Waals surface area (Å²) < 4.78 is 11.9. The van der Waals surface area contributed by atoms with Gasteiger partial charge in [0, 0.05) is 0 Å². The monoisotopic (exact) mass is 432 g/mol. The maximum absolute atomic E-state index is 6.31. The summed E-state index contributed by atoms with van der Waals surface area (Å²) in [5.41, 5.74) is 1.23. The summed E-state index contributed by atoms with van der Waals surface area (Å²) in [4.78, 5) is 0. The van der Waals surface area contributed by atoms with Crippen LogP contribution in [0.5, 0.6) is 11.5 Å². The van der Waals surface area contributed by atoms with Crippen LogP contribution in [0.3, 0.4) is 0 Å². The molecule has 2 aromatic carbocycles. The Morgan fingerprint density at radius 2 is 1.12 bits per heavy atom. The zero-order valence-corrected chi connectivity index (χ0v) is 17.8. The quantitative estimate of drug-likeness (QED) is 0.371. The molecule has 0 atom stereocenters. The van der Waals surface area contributed by atoms with Gasteiger partial charge in [0.25, 0.3) is 0 Å². The first-order chi connectivity index (χ1) is 11.4. The number of hydrogen-bond acceptors (Lipinski definition) is 6. The summed E-state index contributed by atoms with van der Waals surface area (Å²) in [6.07, 6.45) is 0. The van der Waals surface area contributed by atoms with Crippen molar-refractivity contribution in [2.24, 2.45) is 0 Å². The minimum absolute atomic E-state index is 0.366. The number of thiocarbonyl (C=S) groups is 2. The first-order valence-corrected chi connectivity index (χ1v) is 12.7. The lowest BCUT2D eigenvalue weighted by atomic mass is 10.2. The predicted molar refractivity (Wildman–Crippen MR) is 117 cm³/mol. The van der Waals surface area contributed by atoms with E-state index in [1.807, 2.05) is 62.4 Å². The average molecular weight is 433 g/mol. The van der Waals surface area contributed by atoms with Crippen LogP contribution in [-0.2, 0) is 0 Å². The van der Waals surface area contributed by atoms with Crippen molar-refractivity contribution < 1.29 is 9.47 Å². The third-order valence-corrected chi connectivity index (χ3v) is 9.34. The number of hydrogen-bond donors (Lipinski definition) is 0. The number of aryl methyl sites for hydroxylation is 2. The smallest absolute Gasteiger partial charge is 0.231 e. The molecule has 126 valence electrons. The third-order valence-electron chi connectivity index (χ3n) is 2.74. The Balaban J connectivity index is 1.78. The minimum atomic E-state index is -1.09. The average Bonchev–Trinajstić information content (AvgIpc) is 2.51. The van der Waals surface area contributed by atoms with Crippen LogP contribution in [0.4, 0.5) is 0 Å². The van der Waals surface area contributed by atoms with E-state index in [9.17, 15) is 0 Å². The molecule has 0 aliphatic heterocycles. The standard InChI is InChI=1S/C16H14ClO2PS4/c1-11-3-7-13(8-4-11)18-15(21)23-20(17)24-16(22)19-14-9-5-12(2)6-10-14/h3-10H,1-2H3. The normalized spacial score (nSPS) is 10.5. The van der Waals surface area contributed by atoms with E-state index in [4.69, 9.17) is 45.2 Å². The molecule has 0 N–H and O–H groups in total. The van der Waals surface area contributed by atoms with Crippen LogP contribution in [0.1, 0.15) is 11.1 Å². The van der Waals surface area contributed by atoms with Gasteiger partial charge < -0.3 is 9.47 Å². The van der Waals surface area contributed by atoms with E-state index in [0.29, 0.717) is 20.3 Å². The van der Waals surface area contributed by atoms with Crippen molar-refractivity contribution in [2.75, 3.05) is 0 Å². The van der Waals surface area contributed by atoms with Gasteiger partial charge in [0.05, 0.1) is 0 Å². The summed E-state index contributed by atoms with van der Waals surface area (Å²) in [5.74, 6) is 1.39. The molecule has 0 saturated carbocycles. The van der Waals surface area contributed by atoms with Crippen LogP contribution in [0.15, 0.2) is 48.5 Å². The molecule has 2 nitrogen and oxygen atoms in total. The molecule has 0 amide bonds. The molecule has 0 unspecified atom stereocenters. The molecule has 0 saturated heterocycles. The minimum Gasteiger partial charge on any atom is -0.439 e. The molecular weight excluding hydrogens is 419 g/mol. The maximum atomic E-state index is 6.31. The Labute approximate surface area is 166 Å². The summed E-state index contributed by atoms with van der Waals surface area (Å²) in [7, 11) is 0. The van der Waals surface area contributed by atoms with Gasteiger partial charge in [-0.2, -0.15) is 0 Å². The zero-order chi connectivity index (χ0) is 17.5. The van der Waals surface area contributed by atoms with Crippen molar-refractivity contribution in [1.29, 1.82) is 0 Å². The van der Waals surface area contributed by atoms with Gasteiger partial charge in [-0.05, 0) is 85.3 Å². The molecule has 0 bridgehead atoms. The number of halogens is 1. The first kappa shape index (κ1) is 20.0. The van der Waals surface area contributed by atoms with Gasteiger partial charge in [-0.3, -0.25) is 0 Å². The summed E-state index contributed by atoms with van der Waals surface area (Å²) in [6, 6.07) is 15.3. The molecule has 24 heavy (non-hydrogen) atoms. The fraction of sp³-hybridized carbons (Fsp3) is 0.125.